The summed E-state index contributed by atoms with van der Waals surface area (Å²) in [5.74, 6) is 1.60. The minimum atomic E-state index is 0.742. The van der Waals surface area contributed by atoms with E-state index in [1.54, 1.807) is 6.20 Å². The van der Waals surface area contributed by atoms with Crippen LogP contribution in [0, 0.1) is 0 Å². The molecule has 0 saturated heterocycles. The predicted molar refractivity (Wildman–Crippen MR) is 57.1 cm³/mol. The number of nitrogens with zero attached hydrogens (tertiary/aromatic N) is 2. The van der Waals surface area contributed by atoms with Gasteiger partial charge in [-0.3, -0.25) is 0 Å². The molecule has 0 spiro atoms. The van der Waals surface area contributed by atoms with Crippen molar-refractivity contribution < 1.29 is 4.74 Å². The summed E-state index contributed by atoms with van der Waals surface area (Å²) in [4.78, 5) is 0. The van der Waals surface area contributed by atoms with Crippen LogP contribution in [0.5, 0.6) is 5.75 Å². The number of para-hydroxylation sites is 1. The van der Waals surface area contributed by atoms with Crippen LogP contribution in [0.15, 0.2) is 64.3 Å². The zero-order valence-electron chi connectivity index (χ0n) is 7.92. The number of benzene rings is 1. The first-order chi connectivity index (χ1) is 7.43. The van der Waals surface area contributed by atoms with Crippen LogP contribution in [0.1, 0.15) is 5.56 Å². The molecular weight excluding hydrogens is 188 g/mol. The Morgan fingerprint density at radius 1 is 1.13 bits per heavy atom. The Kier molecular flexibility index (Phi) is 1.75. The number of hydrogen-bond donors (Lipinski definition) is 0. The minimum absolute atomic E-state index is 0.742. The Morgan fingerprint density at radius 3 is 3.07 bits per heavy atom. The van der Waals surface area contributed by atoms with E-state index in [4.69, 9.17) is 4.74 Å². The van der Waals surface area contributed by atoms with Gasteiger partial charge in [-0.05, 0) is 24.3 Å². The van der Waals surface area contributed by atoms with E-state index in [0.29, 0.717) is 0 Å². The molecule has 3 heteroatoms. The van der Waals surface area contributed by atoms with Crippen LogP contribution in [0.3, 0.4) is 0 Å². The monoisotopic (exact) mass is 196 g/mol. The van der Waals surface area contributed by atoms with E-state index >= 15 is 0 Å². The SMILES string of the molecule is C1=CN=NC2=Cc3ccccc3OC2=C1. The summed E-state index contributed by atoms with van der Waals surface area (Å²) in [5, 5.41) is 7.92. The minimum Gasteiger partial charge on any atom is -0.454 e. The normalized spacial score (nSPS) is 16.8. The fourth-order valence-corrected chi connectivity index (χ4v) is 1.54. The van der Waals surface area contributed by atoms with Gasteiger partial charge in [-0.25, -0.2) is 0 Å². The molecule has 0 bridgehead atoms. The molecule has 0 fully saturated rings. The van der Waals surface area contributed by atoms with Crippen LogP contribution in [0.25, 0.3) is 6.08 Å². The van der Waals surface area contributed by atoms with E-state index in [2.05, 4.69) is 10.2 Å². The summed E-state index contributed by atoms with van der Waals surface area (Å²) >= 11 is 0. The van der Waals surface area contributed by atoms with Crippen LogP contribution in [0.2, 0.25) is 0 Å². The molecular formula is C12H8N2O. The molecule has 1 aromatic carbocycles. The third kappa shape index (κ3) is 1.38. The number of ether oxygens (including phenoxy) is 1. The van der Waals surface area contributed by atoms with E-state index in [0.717, 1.165) is 22.8 Å². The van der Waals surface area contributed by atoms with E-state index in [9.17, 15) is 0 Å². The van der Waals surface area contributed by atoms with Gasteiger partial charge in [0, 0.05) is 11.8 Å². The molecule has 0 aliphatic carbocycles. The summed E-state index contributed by atoms with van der Waals surface area (Å²) in [5.41, 5.74) is 1.80. The maximum absolute atomic E-state index is 5.70. The lowest BCUT2D eigenvalue weighted by atomic mass is 10.1. The smallest absolute Gasteiger partial charge is 0.155 e. The van der Waals surface area contributed by atoms with Gasteiger partial charge in [0.05, 0.1) is 0 Å². The highest BCUT2D eigenvalue weighted by Crippen LogP contribution is 2.32. The van der Waals surface area contributed by atoms with Crippen molar-refractivity contribution in [3.8, 4) is 5.75 Å². The summed E-state index contributed by atoms with van der Waals surface area (Å²) in [6.07, 6.45) is 7.29. The molecule has 2 aliphatic heterocycles. The summed E-state index contributed by atoms with van der Waals surface area (Å²) < 4.78 is 5.70. The number of fused-ring (bicyclic) bond motifs is 2. The fourth-order valence-electron chi connectivity index (χ4n) is 1.54. The van der Waals surface area contributed by atoms with Crippen LogP contribution in [0.4, 0.5) is 0 Å². The van der Waals surface area contributed by atoms with Crippen LogP contribution in [-0.4, -0.2) is 0 Å². The van der Waals surface area contributed by atoms with E-state index in [1.165, 1.54) is 0 Å². The largest absolute Gasteiger partial charge is 0.454 e. The van der Waals surface area contributed by atoms with Crippen LogP contribution < -0.4 is 4.74 Å². The summed E-state index contributed by atoms with van der Waals surface area (Å²) in [6, 6.07) is 7.86. The Balaban J connectivity index is 2.17. The highest BCUT2D eigenvalue weighted by molar-refractivity contribution is 5.66. The topological polar surface area (TPSA) is 34.0 Å². The van der Waals surface area contributed by atoms with Crippen molar-refractivity contribution >= 4 is 6.08 Å². The van der Waals surface area contributed by atoms with Gasteiger partial charge in [0.15, 0.2) is 5.76 Å². The van der Waals surface area contributed by atoms with Gasteiger partial charge in [-0.1, -0.05) is 18.2 Å². The molecule has 0 unspecified atom stereocenters. The Bertz CT molecular complexity index is 524. The second-order valence-corrected chi connectivity index (χ2v) is 3.26. The third-order valence-corrected chi connectivity index (χ3v) is 2.25. The lowest BCUT2D eigenvalue weighted by molar-refractivity contribution is 0.429. The number of rotatable bonds is 0. The quantitative estimate of drug-likeness (QED) is 0.626. The van der Waals surface area contributed by atoms with Gasteiger partial charge in [0.1, 0.15) is 11.4 Å². The molecule has 15 heavy (non-hydrogen) atoms. The second-order valence-electron chi connectivity index (χ2n) is 3.26. The summed E-state index contributed by atoms with van der Waals surface area (Å²) in [6.45, 7) is 0. The number of allylic oxidation sites excluding steroid dienone is 2. The Labute approximate surface area is 87.1 Å². The third-order valence-electron chi connectivity index (χ3n) is 2.25. The van der Waals surface area contributed by atoms with Gasteiger partial charge in [-0.2, -0.15) is 5.11 Å². The molecule has 0 saturated carbocycles. The van der Waals surface area contributed by atoms with E-state index in [-0.39, 0.29) is 0 Å². The first-order valence-corrected chi connectivity index (χ1v) is 4.70. The summed E-state index contributed by atoms with van der Waals surface area (Å²) in [7, 11) is 0. The zero-order chi connectivity index (χ0) is 10.1. The molecule has 3 rings (SSSR count). The van der Waals surface area contributed by atoms with Crippen molar-refractivity contribution in [3.63, 3.8) is 0 Å². The molecule has 0 atom stereocenters. The Morgan fingerprint density at radius 2 is 2.07 bits per heavy atom. The second kappa shape index (κ2) is 3.20. The zero-order valence-corrected chi connectivity index (χ0v) is 7.92. The highest BCUT2D eigenvalue weighted by Gasteiger charge is 2.16. The van der Waals surface area contributed by atoms with Gasteiger partial charge < -0.3 is 4.74 Å². The molecule has 0 amide bonds. The molecule has 72 valence electrons. The Hall–Kier alpha value is -2.16. The van der Waals surface area contributed by atoms with Gasteiger partial charge >= 0.3 is 0 Å². The predicted octanol–water partition coefficient (Wildman–Crippen LogP) is 3.28. The molecule has 1 aromatic rings. The van der Waals surface area contributed by atoms with Crippen molar-refractivity contribution in [2.24, 2.45) is 10.2 Å². The molecule has 0 aromatic heterocycles. The molecule has 2 aliphatic rings. The average molecular weight is 196 g/mol. The van der Waals surface area contributed by atoms with Crippen molar-refractivity contribution in [2.75, 3.05) is 0 Å². The van der Waals surface area contributed by atoms with E-state index < -0.39 is 0 Å². The molecule has 3 nitrogen and oxygen atoms in total. The number of azo groups is 1. The van der Waals surface area contributed by atoms with Crippen molar-refractivity contribution in [1.29, 1.82) is 0 Å². The molecule has 0 radical (unpaired) electrons. The van der Waals surface area contributed by atoms with Gasteiger partial charge in [0.2, 0.25) is 0 Å². The number of hydrogen-bond acceptors (Lipinski definition) is 3. The lowest BCUT2D eigenvalue weighted by Gasteiger charge is -2.16. The van der Waals surface area contributed by atoms with Crippen LogP contribution >= 0.6 is 0 Å². The highest BCUT2D eigenvalue weighted by atomic mass is 16.5. The fraction of sp³-hybridized carbons (Fsp3) is 0. The van der Waals surface area contributed by atoms with Gasteiger partial charge in [0.25, 0.3) is 0 Å². The van der Waals surface area contributed by atoms with Crippen molar-refractivity contribution in [2.45, 2.75) is 0 Å². The maximum atomic E-state index is 5.70. The first-order valence-electron chi connectivity index (χ1n) is 4.70. The van der Waals surface area contributed by atoms with Gasteiger partial charge in [-0.15, -0.1) is 5.11 Å². The van der Waals surface area contributed by atoms with E-state index in [1.807, 2.05) is 42.5 Å². The maximum Gasteiger partial charge on any atom is 0.155 e. The first kappa shape index (κ1) is 8.17. The standard InChI is InChI=1S/C12H8N2O/c1-2-5-11-9(4-1)8-10-12(15-11)6-3-7-13-14-10/h1-8H. The lowest BCUT2D eigenvalue weighted by Crippen LogP contribution is -2.03. The molecule has 0 N–H and O–H groups in total. The van der Waals surface area contributed by atoms with Crippen molar-refractivity contribution in [1.82, 2.24) is 0 Å². The van der Waals surface area contributed by atoms with Crippen molar-refractivity contribution in [3.05, 3.63) is 59.6 Å². The average Bonchev–Trinajstić information content (AvgIpc) is 2.50. The van der Waals surface area contributed by atoms with Crippen LogP contribution in [-0.2, 0) is 0 Å². The molecule has 2 heterocycles.